The predicted octanol–water partition coefficient (Wildman–Crippen LogP) is 5.44. The molecule has 2 aromatic carbocycles. The number of nitrogens with zero attached hydrogens (tertiary/aromatic N) is 1. The highest BCUT2D eigenvalue weighted by Crippen LogP contribution is 2.45. The van der Waals surface area contributed by atoms with Crippen molar-refractivity contribution in [3.05, 3.63) is 78.6 Å². The lowest BCUT2D eigenvalue weighted by Crippen LogP contribution is -2.27. The number of fused-ring (bicyclic) bond motifs is 1. The summed E-state index contributed by atoms with van der Waals surface area (Å²) in [5.41, 5.74) is 2.53. The molecule has 20 heavy (non-hydrogen) atoms. The summed E-state index contributed by atoms with van der Waals surface area (Å²) in [7, 11) is 0. The van der Waals surface area contributed by atoms with Crippen molar-refractivity contribution in [1.29, 1.82) is 0 Å². The van der Waals surface area contributed by atoms with Gasteiger partial charge >= 0.3 is 0 Å². The summed E-state index contributed by atoms with van der Waals surface area (Å²) < 4.78 is 0.618. The Morgan fingerprint density at radius 1 is 1.00 bits per heavy atom. The van der Waals surface area contributed by atoms with Gasteiger partial charge in [0.2, 0.25) is 0 Å². The van der Waals surface area contributed by atoms with Gasteiger partial charge in [0.1, 0.15) is 24.3 Å². The number of para-hydroxylation sites is 1. The summed E-state index contributed by atoms with van der Waals surface area (Å²) in [5.74, 6) is 0.519. The van der Waals surface area contributed by atoms with Crippen molar-refractivity contribution < 1.29 is 0 Å². The summed E-state index contributed by atoms with van der Waals surface area (Å²) in [5, 5.41) is 0. The minimum Gasteiger partial charge on any atom is -0.173 e. The third-order valence-corrected chi connectivity index (χ3v) is 4.61. The molecule has 0 aliphatic carbocycles. The van der Waals surface area contributed by atoms with Crippen molar-refractivity contribution in [2.24, 2.45) is 0 Å². The van der Waals surface area contributed by atoms with E-state index >= 15 is 0 Å². The fourth-order valence-corrected chi connectivity index (χ4v) is 3.55. The van der Waals surface area contributed by atoms with Crippen LogP contribution in [0, 0.1) is 0 Å². The molecule has 0 fully saturated rings. The molecule has 3 heteroatoms. The molecule has 1 heterocycles. The van der Waals surface area contributed by atoms with Crippen LogP contribution >= 0.6 is 23.5 Å². The third-order valence-electron chi connectivity index (χ3n) is 3.20. The Hall–Kier alpha value is -1.48. The second-order valence-corrected chi connectivity index (χ2v) is 6.09. The van der Waals surface area contributed by atoms with E-state index < -0.39 is 0 Å². The summed E-state index contributed by atoms with van der Waals surface area (Å²) in [4.78, 5) is 1.23. The Labute approximate surface area is 128 Å². The average Bonchev–Trinajstić information content (AvgIpc) is 2.86. The van der Waals surface area contributed by atoms with Gasteiger partial charge in [0.15, 0.2) is 5.69 Å². The fourth-order valence-electron chi connectivity index (χ4n) is 2.31. The van der Waals surface area contributed by atoms with Crippen LogP contribution in [0.4, 0.5) is 5.69 Å². The van der Waals surface area contributed by atoms with Gasteiger partial charge in [-0.3, -0.25) is 0 Å². The summed E-state index contributed by atoms with van der Waals surface area (Å²) in [6, 6.07) is 18.9. The number of benzene rings is 2. The van der Waals surface area contributed by atoms with Crippen LogP contribution in [0.25, 0.3) is 6.08 Å². The van der Waals surface area contributed by atoms with Crippen LogP contribution in [0.15, 0.2) is 78.0 Å². The second kappa shape index (κ2) is 5.88. The molecule has 2 aromatic rings. The van der Waals surface area contributed by atoms with Gasteiger partial charge in [-0.15, -0.1) is 11.6 Å². The van der Waals surface area contributed by atoms with Crippen molar-refractivity contribution >= 4 is 35.3 Å². The fraction of sp³-hybridized carbons (Fsp3) is 0.0588. The van der Waals surface area contributed by atoms with Gasteiger partial charge in [-0.2, -0.15) is 3.89 Å². The highest BCUT2D eigenvalue weighted by Gasteiger charge is 2.35. The maximum absolute atomic E-state index is 5.84. The lowest BCUT2D eigenvalue weighted by molar-refractivity contribution is 0.812. The van der Waals surface area contributed by atoms with Crippen LogP contribution in [-0.2, 0) is 0 Å². The van der Waals surface area contributed by atoms with E-state index in [1.165, 1.54) is 16.1 Å². The molecule has 3 rings (SSSR count). The van der Waals surface area contributed by atoms with E-state index in [0.717, 1.165) is 0 Å². The highest BCUT2D eigenvalue weighted by atomic mass is 35.5. The molecule has 0 aromatic heterocycles. The molecule has 1 aliphatic heterocycles. The first-order chi connectivity index (χ1) is 9.84. The topological polar surface area (TPSA) is 0 Å². The Morgan fingerprint density at radius 2 is 1.75 bits per heavy atom. The smallest absolute Gasteiger partial charge is 0.161 e. The zero-order valence-electron chi connectivity index (χ0n) is 10.9. The molecule has 0 spiro atoms. The van der Waals surface area contributed by atoms with Crippen LogP contribution in [0.2, 0.25) is 0 Å². The van der Waals surface area contributed by atoms with Gasteiger partial charge in [0.25, 0.3) is 0 Å². The predicted molar refractivity (Wildman–Crippen MR) is 89.4 cm³/mol. The first-order valence-corrected chi connectivity index (χ1v) is 7.80. The van der Waals surface area contributed by atoms with Gasteiger partial charge in [0.05, 0.1) is 4.90 Å². The second-order valence-electron chi connectivity index (χ2n) is 4.53. The van der Waals surface area contributed by atoms with E-state index in [1.54, 1.807) is 11.9 Å². The van der Waals surface area contributed by atoms with Crippen molar-refractivity contribution in [1.82, 2.24) is 3.89 Å². The van der Waals surface area contributed by atoms with Gasteiger partial charge in [0, 0.05) is 23.6 Å². The average molecular weight is 301 g/mol. The van der Waals surface area contributed by atoms with E-state index in [4.69, 9.17) is 11.6 Å². The minimum absolute atomic E-state index is 0.519. The molecule has 0 N–H and O–H groups in total. The van der Waals surface area contributed by atoms with Gasteiger partial charge in [-0.1, -0.05) is 30.3 Å². The van der Waals surface area contributed by atoms with Crippen LogP contribution < -0.4 is 3.89 Å². The zero-order chi connectivity index (χ0) is 13.8. The summed E-state index contributed by atoms with van der Waals surface area (Å²) in [6.45, 7) is 0. The van der Waals surface area contributed by atoms with E-state index in [2.05, 4.69) is 67.0 Å². The summed E-state index contributed by atoms with van der Waals surface area (Å²) >= 11 is 7.63. The minimum atomic E-state index is 0.519. The first kappa shape index (κ1) is 13.5. The Bertz CT molecular complexity index is 651. The molecule has 1 nitrogen and oxygen atoms in total. The van der Waals surface area contributed by atoms with Crippen LogP contribution in [0.3, 0.4) is 0 Å². The monoisotopic (exact) mass is 300 g/mol. The van der Waals surface area contributed by atoms with Crippen molar-refractivity contribution in [2.45, 2.75) is 4.90 Å². The standard InChI is InChI=1S/C17H15ClNS/c18-12-6-13-19(20-16-8-2-1-3-9-16)14-11-15-7-4-5-10-17(15)19/h1-11,13-14H,12H2/q+1. The van der Waals surface area contributed by atoms with E-state index in [-0.39, 0.29) is 0 Å². The van der Waals surface area contributed by atoms with E-state index in [0.29, 0.717) is 9.77 Å². The lowest BCUT2D eigenvalue weighted by Gasteiger charge is -2.25. The SMILES string of the molecule is ClCC=C[N+]1(Sc2ccccc2)C=Cc2ccccc21. The lowest BCUT2D eigenvalue weighted by atomic mass is 10.2. The Morgan fingerprint density at radius 3 is 2.55 bits per heavy atom. The maximum atomic E-state index is 5.84. The molecule has 1 atom stereocenters. The van der Waals surface area contributed by atoms with Gasteiger partial charge < -0.3 is 0 Å². The van der Waals surface area contributed by atoms with Crippen LogP contribution in [0.1, 0.15) is 5.56 Å². The number of quaternary nitrogens is 1. The number of halogens is 1. The van der Waals surface area contributed by atoms with E-state index in [1.807, 2.05) is 12.1 Å². The molecule has 0 amide bonds. The van der Waals surface area contributed by atoms with E-state index in [9.17, 15) is 0 Å². The maximum Gasteiger partial charge on any atom is 0.161 e. The number of alkyl halides is 1. The van der Waals surface area contributed by atoms with Gasteiger partial charge in [-0.25, -0.2) is 0 Å². The molecule has 0 saturated carbocycles. The third kappa shape index (κ3) is 2.55. The zero-order valence-corrected chi connectivity index (χ0v) is 12.5. The first-order valence-electron chi connectivity index (χ1n) is 6.50. The molecule has 0 bridgehead atoms. The van der Waals surface area contributed by atoms with Crippen molar-refractivity contribution in [3.63, 3.8) is 0 Å². The largest absolute Gasteiger partial charge is 0.173 e. The van der Waals surface area contributed by atoms with Crippen LogP contribution in [0.5, 0.6) is 0 Å². The molecule has 0 radical (unpaired) electrons. The number of hydrogen-bond acceptors (Lipinski definition) is 1. The van der Waals surface area contributed by atoms with Gasteiger partial charge in [-0.05, 0) is 24.3 Å². The number of allylic oxidation sites excluding steroid dienone is 1. The summed E-state index contributed by atoms with van der Waals surface area (Å²) in [6.07, 6.45) is 8.52. The molecular weight excluding hydrogens is 286 g/mol. The molecule has 1 aliphatic rings. The molecule has 1 unspecified atom stereocenters. The number of rotatable bonds is 4. The van der Waals surface area contributed by atoms with Crippen molar-refractivity contribution in [2.75, 3.05) is 5.88 Å². The van der Waals surface area contributed by atoms with Crippen molar-refractivity contribution in [3.8, 4) is 0 Å². The molecule has 100 valence electrons. The Balaban J connectivity index is 2.03. The number of hydrogen-bond donors (Lipinski definition) is 0. The van der Waals surface area contributed by atoms with Crippen LogP contribution in [-0.4, -0.2) is 5.88 Å². The highest BCUT2D eigenvalue weighted by molar-refractivity contribution is 7.99. The molecular formula is C17H15ClNS+. The Kier molecular flexibility index (Phi) is 3.97. The quantitative estimate of drug-likeness (QED) is 0.412. The normalized spacial score (nSPS) is 20.4. The molecule has 0 saturated heterocycles.